The van der Waals surface area contributed by atoms with Crippen molar-refractivity contribution in [1.29, 1.82) is 5.26 Å². The number of aromatic hydroxyl groups is 1. The normalized spacial score (nSPS) is 10.9. The molecule has 0 saturated heterocycles. The largest absolute Gasteiger partial charge is 0.504 e. The number of nitriles is 1. The zero-order valence-corrected chi connectivity index (χ0v) is 14.3. The van der Waals surface area contributed by atoms with Gasteiger partial charge in [0, 0.05) is 18.9 Å². The quantitative estimate of drug-likeness (QED) is 0.593. The van der Waals surface area contributed by atoms with Gasteiger partial charge in [-0.2, -0.15) is 5.26 Å². The summed E-state index contributed by atoms with van der Waals surface area (Å²) >= 11 is 0. The molecule has 0 amide bonds. The molecule has 6 heteroatoms. The molecule has 2 aromatic heterocycles. The highest BCUT2D eigenvalue weighted by molar-refractivity contribution is 5.86. The van der Waals surface area contributed by atoms with Crippen LogP contribution in [0.15, 0.2) is 65.6 Å². The molecular formula is C21H14FN3O2. The van der Waals surface area contributed by atoms with Crippen molar-refractivity contribution < 1.29 is 9.50 Å². The molecule has 0 spiro atoms. The summed E-state index contributed by atoms with van der Waals surface area (Å²) in [6.45, 7) is 0. The fourth-order valence-electron chi connectivity index (χ4n) is 3.20. The van der Waals surface area contributed by atoms with Crippen LogP contribution in [-0.4, -0.2) is 14.2 Å². The first-order valence-electron chi connectivity index (χ1n) is 8.20. The lowest BCUT2D eigenvalue weighted by molar-refractivity contribution is 0.475. The van der Waals surface area contributed by atoms with Crippen LogP contribution in [0.2, 0.25) is 0 Å². The van der Waals surface area contributed by atoms with Gasteiger partial charge in [-0.25, -0.2) is 4.39 Å². The number of fused-ring (bicyclic) bond motifs is 1. The van der Waals surface area contributed by atoms with Gasteiger partial charge < -0.3 is 14.2 Å². The minimum atomic E-state index is -0.535. The molecule has 2 aromatic carbocycles. The van der Waals surface area contributed by atoms with Crippen molar-refractivity contribution in [1.82, 2.24) is 9.13 Å². The van der Waals surface area contributed by atoms with Crippen molar-refractivity contribution in [2.45, 2.75) is 0 Å². The van der Waals surface area contributed by atoms with Crippen molar-refractivity contribution in [3.8, 4) is 28.6 Å². The maximum Gasteiger partial charge on any atom is 0.272 e. The predicted molar refractivity (Wildman–Crippen MR) is 100 cm³/mol. The summed E-state index contributed by atoms with van der Waals surface area (Å²) in [7, 11) is 1.56. The molecule has 0 aliphatic heterocycles. The molecule has 132 valence electrons. The number of nitrogens with zero attached hydrogens (tertiary/aromatic N) is 3. The van der Waals surface area contributed by atoms with Crippen LogP contribution in [0.4, 0.5) is 4.39 Å². The van der Waals surface area contributed by atoms with Crippen LogP contribution >= 0.6 is 0 Å². The minimum Gasteiger partial charge on any atom is -0.504 e. The van der Waals surface area contributed by atoms with Gasteiger partial charge in [0.05, 0.1) is 5.52 Å². The maximum absolute atomic E-state index is 13.1. The van der Waals surface area contributed by atoms with Crippen molar-refractivity contribution in [3.05, 3.63) is 82.5 Å². The van der Waals surface area contributed by atoms with E-state index in [2.05, 4.69) is 0 Å². The number of halogens is 1. The minimum absolute atomic E-state index is 0.284. The highest BCUT2D eigenvalue weighted by atomic mass is 19.1. The Hall–Kier alpha value is -3.85. The molecule has 1 N–H and O–H groups in total. The van der Waals surface area contributed by atoms with Gasteiger partial charge in [0.1, 0.15) is 17.4 Å². The molecule has 0 aliphatic carbocycles. The third-order valence-electron chi connectivity index (χ3n) is 4.64. The van der Waals surface area contributed by atoms with Gasteiger partial charge in [0.2, 0.25) is 0 Å². The number of aryl methyl sites for hydroxylation is 1. The van der Waals surface area contributed by atoms with E-state index in [9.17, 15) is 19.6 Å². The Kier molecular flexibility index (Phi) is 3.78. The van der Waals surface area contributed by atoms with Crippen LogP contribution in [0.25, 0.3) is 27.8 Å². The van der Waals surface area contributed by atoms with E-state index in [4.69, 9.17) is 0 Å². The van der Waals surface area contributed by atoms with Crippen LogP contribution in [0.3, 0.4) is 0 Å². The Morgan fingerprint density at radius 1 is 1.00 bits per heavy atom. The van der Waals surface area contributed by atoms with Crippen LogP contribution in [0.5, 0.6) is 5.75 Å². The molecule has 27 heavy (non-hydrogen) atoms. The smallest absolute Gasteiger partial charge is 0.272 e. The number of aromatic nitrogens is 2. The molecule has 5 nitrogen and oxygen atoms in total. The Balaban J connectivity index is 1.86. The van der Waals surface area contributed by atoms with Crippen LogP contribution in [0, 0.1) is 17.1 Å². The number of hydrogen-bond acceptors (Lipinski definition) is 3. The summed E-state index contributed by atoms with van der Waals surface area (Å²) in [5.41, 5.74) is 2.66. The van der Waals surface area contributed by atoms with Gasteiger partial charge in [0.25, 0.3) is 5.56 Å². The van der Waals surface area contributed by atoms with E-state index < -0.39 is 5.56 Å². The Morgan fingerprint density at radius 3 is 2.19 bits per heavy atom. The number of rotatable bonds is 2. The molecule has 0 atom stereocenters. The topological polar surface area (TPSA) is 70.9 Å². The lowest BCUT2D eigenvalue weighted by Gasteiger charge is -2.10. The van der Waals surface area contributed by atoms with Gasteiger partial charge in [-0.1, -0.05) is 24.3 Å². The molecule has 0 fully saturated rings. The van der Waals surface area contributed by atoms with Crippen molar-refractivity contribution in [2.24, 2.45) is 7.05 Å². The zero-order valence-electron chi connectivity index (χ0n) is 14.3. The summed E-state index contributed by atoms with van der Waals surface area (Å²) in [4.78, 5) is 12.2. The first kappa shape index (κ1) is 16.6. The van der Waals surface area contributed by atoms with E-state index in [0.717, 1.165) is 16.8 Å². The highest BCUT2D eigenvalue weighted by Crippen LogP contribution is 2.30. The van der Waals surface area contributed by atoms with E-state index in [-0.39, 0.29) is 17.1 Å². The Labute approximate surface area is 153 Å². The standard InChI is InChI=1S/C21H14FN3O2/c1-24-18-10-11-25(19(18)20(26)17(12-23)21(24)27)16-8-4-14(5-9-16)13-2-6-15(22)7-3-13/h2-11,26H,1H3. The van der Waals surface area contributed by atoms with Gasteiger partial charge in [0.15, 0.2) is 11.3 Å². The zero-order chi connectivity index (χ0) is 19.1. The Bertz CT molecular complexity index is 1260. The molecule has 0 bridgehead atoms. The molecule has 2 heterocycles. The fraction of sp³-hybridized carbons (Fsp3) is 0.0476. The van der Waals surface area contributed by atoms with Crippen molar-refractivity contribution >= 4 is 11.0 Å². The monoisotopic (exact) mass is 359 g/mol. The molecule has 4 aromatic rings. The highest BCUT2D eigenvalue weighted by Gasteiger charge is 2.18. The van der Waals surface area contributed by atoms with E-state index in [1.54, 1.807) is 42.1 Å². The van der Waals surface area contributed by atoms with Crippen molar-refractivity contribution in [3.63, 3.8) is 0 Å². The first-order chi connectivity index (χ1) is 13.0. The molecule has 0 saturated carbocycles. The first-order valence-corrected chi connectivity index (χ1v) is 8.20. The second-order valence-corrected chi connectivity index (χ2v) is 6.17. The summed E-state index contributed by atoms with van der Waals surface area (Å²) in [6, 6.07) is 17.2. The van der Waals surface area contributed by atoms with Gasteiger partial charge in [-0.15, -0.1) is 0 Å². The third-order valence-corrected chi connectivity index (χ3v) is 4.64. The fourth-order valence-corrected chi connectivity index (χ4v) is 3.20. The molecule has 0 aliphatic rings. The second kappa shape index (κ2) is 6.15. The molecule has 0 unspecified atom stereocenters. The SMILES string of the molecule is Cn1c(=O)c(C#N)c(O)c2c1ccn2-c1ccc(-c2ccc(F)cc2)cc1. The van der Waals surface area contributed by atoms with Crippen LogP contribution < -0.4 is 5.56 Å². The van der Waals surface area contributed by atoms with Crippen LogP contribution in [-0.2, 0) is 7.05 Å². The second-order valence-electron chi connectivity index (χ2n) is 6.17. The van der Waals surface area contributed by atoms with Gasteiger partial charge in [-0.3, -0.25) is 4.79 Å². The predicted octanol–water partition coefficient (Wildman–Crippen LogP) is 3.71. The van der Waals surface area contributed by atoms with E-state index in [0.29, 0.717) is 11.0 Å². The van der Waals surface area contributed by atoms with E-state index >= 15 is 0 Å². The summed E-state index contributed by atoms with van der Waals surface area (Å²) < 4.78 is 16.2. The molecule has 0 radical (unpaired) electrons. The summed E-state index contributed by atoms with van der Waals surface area (Å²) in [5, 5.41) is 19.7. The lowest BCUT2D eigenvalue weighted by atomic mass is 10.1. The van der Waals surface area contributed by atoms with E-state index in [1.165, 1.54) is 16.7 Å². The number of hydrogen-bond donors (Lipinski definition) is 1. The average Bonchev–Trinajstić information content (AvgIpc) is 3.13. The average molecular weight is 359 g/mol. The van der Waals surface area contributed by atoms with Crippen molar-refractivity contribution in [2.75, 3.05) is 0 Å². The van der Waals surface area contributed by atoms with Gasteiger partial charge in [-0.05, 0) is 41.5 Å². The Morgan fingerprint density at radius 2 is 1.59 bits per heavy atom. The summed E-state index contributed by atoms with van der Waals surface area (Å²) in [5.74, 6) is -0.619. The lowest BCUT2D eigenvalue weighted by Crippen LogP contribution is -2.20. The third kappa shape index (κ3) is 2.57. The number of benzene rings is 2. The molecular weight excluding hydrogens is 345 g/mol. The maximum atomic E-state index is 13.1. The summed E-state index contributed by atoms with van der Waals surface area (Å²) in [6.07, 6.45) is 1.73. The number of pyridine rings is 1. The van der Waals surface area contributed by atoms with Gasteiger partial charge >= 0.3 is 0 Å². The molecule has 4 rings (SSSR count). The van der Waals surface area contributed by atoms with Crippen LogP contribution in [0.1, 0.15) is 5.56 Å². The van der Waals surface area contributed by atoms with E-state index in [1.807, 2.05) is 24.3 Å².